The summed E-state index contributed by atoms with van der Waals surface area (Å²) in [5.41, 5.74) is 0.710. The average Bonchev–Trinajstić information content (AvgIpc) is 2.56. The number of nitrogens with zero attached hydrogens (tertiary/aromatic N) is 1. The molecule has 0 spiro atoms. The molecule has 0 saturated carbocycles. The molecule has 5 nitrogen and oxygen atoms in total. The van der Waals surface area contributed by atoms with Crippen LogP contribution < -0.4 is 9.62 Å². The zero-order chi connectivity index (χ0) is 20.4. The summed E-state index contributed by atoms with van der Waals surface area (Å²) in [7, 11) is -3.83. The Kier molecular flexibility index (Phi) is 6.97. The number of carbonyl (C=O) groups excluding carboxylic acids is 1. The molecule has 0 saturated heterocycles. The van der Waals surface area contributed by atoms with Crippen LogP contribution in [0.3, 0.4) is 0 Å². The van der Waals surface area contributed by atoms with E-state index in [1.807, 2.05) is 0 Å². The highest BCUT2D eigenvalue weighted by Crippen LogP contribution is 2.35. The minimum Gasteiger partial charge on any atom is -0.348 e. The molecule has 0 radical (unpaired) electrons. The van der Waals surface area contributed by atoms with Crippen LogP contribution in [0.1, 0.15) is 18.5 Å². The monoisotopic (exact) mass is 452 g/mol. The SMILES string of the molecule is C[C@@H](NC(=O)CN(c1cc(Cl)c(Cl)cc1Cl)S(C)(=O)=O)c1ccc(F)cc1. The van der Waals surface area contributed by atoms with Crippen LogP contribution in [0.25, 0.3) is 0 Å². The summed E-state index contributed by atoms with van der Waals surface area (Å²) in [5, 5.41) is 2.96. The van der Waals surface area contributed by atoms with Crippen molar-refractivity contribution in [2.45, 2.75) is 13.0 Å². The summed E-state index contributed by atoms with van der Waals surface area (Å²) in [4.78, 5) is 12.4. The largest absolute Gasteiger partial charge is 0.348 e. The molecule has 0 aliphatic carbocycles. The molecule has 0 bridgehead atoms. The van der Waals surface area contributed by atoms with E-state index in [2.05, 4.69) is 5.32 Å². The number of benzene rings is 2. The minimum absolute atomic E-state index is 0.0363. The fourth-order valence-corrected chi connectivity index (χ4v) is 3.89. The molecule has 1 atom stereocenters. The maximum Gasteiger partial charge on any atom is 0.241 e. The van der Waals surface area contributed by atoms with Crippen molar-refractivity contribution in [3.8, 4) is 0 Å². The molecular weight excluding hydrogens is 438 g/mol. The highest BCUT2D eigenvalue weighted by atomic mass is 35.5. The number of carbonyl (C=O) groups is 1. The van der Waals surface area contributed by atoms with Crippen LogP contribution >= 0.6 is 34.8 Å². The Hall–Kier alpha value is -1.54. The van der Waals surface area contributed by atoms with Gasteiger partial charge in [0.25, 0.3) is 0 Å². The molecule has 10 heteroatoms. The Labute approximate surface area is 172 Å². The van der Waals surface area contributed by atoms with Gasteiger partial charge in [-0.05, 0) is 36.8 Å². The number of nitrogens with one attached hydrogen (secondary N) is 1. The van der Waals surface area contributed by atoms with Gasteiger partial charge >= 0.3 is 0 Å². The second kappa shape index (κ2) is 8.65. The van der Waals surface area contributed by atoms with Gasteiger partial charge < -0.3 is 5.32 Å². The van der Waals surface area contributed by atoms with Gasteiger partial charge in [0.2, 0.25) is 15.9 Å². The lowest BCUT2D eigenvalue weighted by Crippen LogP contribution is -2.41. The van der Waals surface area contributed by atoms with Crippen LogP contribution in [-0.2, 0) is 14.8 Å². The van der Waals surface area contributed by atoms with Gasteiger partial charge in [0.05, 0.1) is 33.1 Å². The van der Waals surface area contributed by atoms with Crippen LogP contribution in [-0.4, -0.2) is 27.1 Å². The third-order valence-electron chi connectivity index (χ3n) is 3.69. The summed E-state index contributed by atoms with van der Waals surface area (Å²) < 4.78 is 38.2. The van der Waals surface area contributed by atoms with Crippen LogP contribution in [0, 0.1) is 5.82 Å². The van der Waals surface area contributed by atoms with E-state index in [-0.39, 0.29) is 20.8 Å². The first-order chi connectivity index (χ1) is 12.5. The molecule has 0 heterocycles. The van der Waals surface area contributed by atoms with Gasteiger partial charge in [-0.1, -0.05) is 46.9 Å². The zero-order valence-corrected chi connectivity index (χ0v) is 17.4. The molecule has 2 aromatic rings. The third-order valence-corrected chi connectivity index (χ3v) is 5.84. The van der Waals surface area contributed by atoms with Crippen molar-refractivity contribution < 1.29 is 17.6 Å². The zero-order valence-electron chi connectivity index (χ0n) is 14.3. The quantitative estimate of drug-likeness (QED) is 0.658. The maximum atomic E-state index is 13.0. The normalized spacial score (nSPS) is 12.5. The number of rotatable bonds is 6. The van der Waals surface area contributed by atoms with Gasteiger partial charge in [-0.3, -0.25) is 9.10 Å². The van der Waals surface area contributed by atoms with Crippen molar-refractivity contribution in [1.29, 1.82) is 0 Å². The summed E-state index contributed by atoms with van der Waals surface area (Å²) in [6.07, 6.45) is 0.947. The summed E-state index contributed by atoms with van der Waals surface area (Å²) in [5.74, 6) is -0.964. The van der Waals surface area contributed by atoms with Crippen molar-refractivity contribution >= 4 is 56.4 Å². The number of sulfonamides is 1. The number of hydrogen-bond donors (Lipinski definition) is 1. The number of halogens is 4. The standard InChI is InChI=1S/C17H16Cl3FN2O3S/c1-10(11-3-5-12(21)6-4-11)22-17(24)9-23(27(2,25)26)16-8-14(19)13(18)7-15(16)20/h3-8,10H,9H2,1-2H3,(H,22,24)/t10-/m1/s1. The molecule has 0 aliphatic heterocycles. The van der Waals surface area contributed by atoms with Gasteiger partial charge in [-0.2, -0.15) is 0 Å². The highest BCUT2D eigenvalue weighted by molar-refractivity contribution is 7.92. The van der Waals surface area contributed by atoms with Crippen molar-refractivity contribution in [3.05, 3.63) is 62.8 Å². The Morgan fingerprint density at radius 1 is 1.11 bits per heavy atom. The van der Waals surface area contributed by atoms with E-state index in [1.54, 1.807) is 6.92 Å². The summed E-state index contributed by atoms with van der Waals surface area (Å²) in [6.45, 7) is 1.18. The van der Waals surface area contributed by atoms with Crippen molar-refractivity contribution in [1.82, 2.24) is 5.32 Å². The van der Waals surface area contributed by atoms with Gasteiger partial charge in [0.1, 0.15) is 12.4 Å². The molecule has 1 amide bonds. The lowest BCUT2D eigenvalue weighted by Gasteiger charge is -2.24. The molecule has 27 heavy (non-hydrogen) atoms. The van der Waals surface area contributed by atoms with E-state index in [1.165, 1.54) is 36.4 Å². The van der Waals surface area contributed by atoms with Gasteiger partial charge in [0.15, 0.2) is 0 Å². The topological polar surface area (TPSA) is 66.5 Å². The smallest absolute Gasteiger partial charge is 0.241 e. The Morgan fingerprint density at radius 3 is 2.22 bits per heavy atom. The first kappa shape index (κ1) is 21.8. The van der Waals surface area contributed by atoms with Crippen LogP contribution in [0.5, 0.6) is 0 Å². The second-order valence-electron chi connectivity index (χ2n) is 5.83. The van der Waals surface area contributed by atoms with Crippen LogP contribution in [0.4, 0.5) is 10.1 Å². The Balaban J connectivity index is 2.23. The van der Waals surface area contributed by atoms with E-state index in [0.29, 0.717) is 5.56 Å². The first-order valence-corrected chi connectivity index (χ1v) is 10.6. The first-order valence-electron chi connectivity index (χ1n) is 7.66. The fraction of sp³-hybridized carbons (Fsp3) is 0.235. The van der Waals surface area contributed by atoms with E-state index < -0.39 is 34.3 Å². The van der Waals surface area contributed by atoms with Gasteiger partial charge in [0, 0.05) is 0 Å². The molecule has 0 fully saturated rings. The lowest BCUT2D eigenvalue weighted by molar-refractivity contribution is -0.120. The molecule has 146 valence electrons. The van der Waals surface area contributed by atoms with Gasteiger partial charge in [-0.25, -0.2) is 12.8 Å². The molecule has 2 aromatic carbocycles. The number of amides is 1. The van der Waals surface area contributed by atoms with Crippen molar-refractivity contribution in [2.75, 3.05) is 17.1 Å². The summed E-state index contributed by atoms with van der Waals surface area (Å²) >= 11 is 17.9. The maximum absolute atomic E-state index is 13.0. The number of anilines is 1. The Morgan fingerprint density at radius 2 is 1.67 bits per heavy atom. The second-order valence-corrected chi connectivity index (χ2v) is 8.96. The number of hydrogen-bond acceptors (Lipinski definition) is 3. The molecule has 0 aliphatic rings. The van der Waals surface area contributed by atoms with Crippen LogP contribution in [0.15, 0.2) is 36.4 Å². The average molecular weight is 454 g/mol. The third kappa shape index (κ3) is 5.72. The minimum atomic E-state index is -3.83. The molecule has 1 N–H and O–H groups in total. The van der Waals surface area contributed by atoms with E-state index in [4.69, 9.17) is 34.8 Å². The van der Waals surface area contributed by atoms with E-state index in [0.717, 1.165) is 10.6 Å². The Bertz CT molecular complexity index is 953. The lowest BCUT2D eigenvalue weighted by atomic mass is 10.1. The molecule has 0 aromatic heterocycles. The molecule has 2 rings (SSSR count). The van der Waals surface area contributed by atoms with E-state index in [9.17, 15) is 17.6 Å². The van der Waals surface area contributed by atoms with Crippen molar-refractivity contribution in [2.24, 2.45) is 0 Å². The molecular formula is C17H16Cl3FN2O3S. The molecule has 0 unspecified atom stereocenters. The predicted octanol–water partition coefficient (Wildman–Crippen LogP) is 4.43. The predicted molar refractivity (Wildman–Crippen MR) is 107 cm³/mol. The van der Waals surface area contributed by atoms with E-state index >= 15 is 0 Å². The van der Waals surface area contributed by atoms with Crippen LogP contribution in [0.2, 0.25) is 15.1 Å². The highest BCUT2D eigenvalue weighted by Gasteiger charge is 2.25. The summed E-state index contributed by atoms with van der Waals surface area (Å²) in [6, 6.07) is 7.74. The van der Waals surface area contributed by atoms with Crippen molar-refractivity contribution in [3.63, 3.8) is 0 Å². The van der Waals surface area contributed by atoms with Gasteiger partial charge in [-0.15, -0.1) is 0 Å². The fourth-order valence-electron chi connectivity index (χ4n) is 2.34.